The zero-order valence-electron chi connectivity index (χ0n) is 24.8. The first-order valence-electron chi connectivity index (χ1n) is 14.8. The fourth-order valence-corrected chi connectivity index (χ4v) is 10.9. The third-order valence-corrected chi connectivity index (χ3v) is 13.3. The molecular formula is C37H38O5Si. The van der Waals surface area contributed by atoms with E-state index in [1.807, 2.05) is 48.5 Å². The van der Waals surface area contributed by atoms with Gasteiger partial charge in [-0.1, -0.05) is 109 Å². The summed E-state index contributed by atoms with van der Waals surface area (Å²) in [5.41, 5.74) is 1.63. The molecule has 2 atom stereocenters. The summed E-state index contributed by atoms with van der Waals surface area (Å²) in [6.45, 7) is 2.74. The van der Waals surface area contributed by atoms with E-state index >= 15 is 0 Å². The van der Waals surface area contributed by atoms with Crippen LogP contribution in [0.15, 0.2) is 127 Å². The number of rotatable bonds is 13. The van der Waals surface area contributed by atoms with Gasteiger partial charge in [-0.25, -0.2) is 0 Å². The summed E-state index contributed by atoms with van der Waals surface area (Å²) in [7, 11) is -0.959. The minimum atomic E-state index is -2.60. The number of cyclic esters (lactones) is 1. The van der Waals surface area contributed by atoms with Crippen LogP contribution in [-0.2, 0) is 25.7 Å². The minimum Gasteiger partial charge on any atom is -0.497 e. The molecule has 43 heavy (non-hydrogen) atoms. The predicted molar refractivity (Wildman–Crippen MR) is 173 cm³/mol. The Labute approximate surface area is 255 Å². The van der Waals surface area contributed by atoms with Crippen LogP contribution in [0.2, 0.25) is 6.04 Å². The Bertz CT molecular complexity index is 1420. The van der Waals surface area contributed by atoms with Gasteiger partial charge in [0.05, 0.1) is 20.3 Å². The Balaban J connectivity index is 1.28. The van der Waals surface area contributed by atoms with E-state index in [9.17, 15) is 9.59 Å². The van der Waals surface area contributed by atoms with Gasteiger partial charge < -0.3 is 14.2 Å². The van der Waals surface area contributed by atoms with Crippen molar-refractivity contribution in [3.05, 3.63) is 132 Å². The monoisotopic (exact) mass is 590 g/mol. The number of Topliss-reactive ketones (excluding diaryl/α,β-unsaturated/α-hetero) is 1. The molecule has 1 heterocycles. The molecule has 0 amide bonds. The van der Waals surface area contributed by atoms with E-state index in [0.717, 1.165) is 11.3 Å². The Morgan fingerprint density at radius 1 is 0.837 bits per heavy atom. The molecule has 0 aromatic heterocycles. The first-order valence-corrected chi connectivity index (χ1v) is 17.0. The Morgan fingerprint density at radius 3 is 1.88 bits per heavy atom. The van der Waals surface area contributed by atoms with Gasteiger partial charge in [0.15, 0.2) is 13.9 Å². The van der Waals surface area contributed by atoms with E-state index in [-0.39, 0.29) is 11.9 Å². The fourth-order valence-electron chi connectivity index (χ4n) is 6.00. The quantitative estimate of drug-likeness (QED) is 0.0534. The van der Waals surface area contributed by atoms with Crippen molar-refractivity contribution < 1.29 is 23.8 Å². The number of ketones is 1. The molecule has 1 fully saturated rings. The van der Waals surface area contributed by atoms with Crippen molar-refractivity contribution in [2.45, 2.75) is 38.5 Å². The topological polar surface area (TPSA) is 61.8 Å². The van der Waals surface area contributed by atoms with Crippen molar-refractivity contribution in [2.24, 2.45) is 5.92 Å². The van der Waals surface area contributed by atoms with Gasteiger partial charge in [0.25, 0.3) is 0 Å². The highest BCUT2D eigenvalue weighted by molar-refractivity contribution is 7.11. The number of carbonyl (C=O) groups is 2. The lowest BCUT2D eigenvalue weighted by Gasteiger charge is -2.35. The summed E-state index contributed by atoms with van der Waals surface area (Å²) < 4.78 is 17.0. The van der Waals surface area contributed by atoms with Crippen molar-refractivity contribution in [2.75, 3.05) is 13.7 Å². The van der Waals surface area contributed by atoms with Gasteiger partial charge in [0.1, 0.15) is 17.8 Å². The third kappa shape index (κ3) is 7.04. The summed E-state index contributed by atoms with van der Waals surface area (Å²) >= 11 is 0. The molecule has 220 valence electrons. The molecule has 0 radical (unpaired) electrons. The standard InChI is InChI=1S/C37H38O5Si/c1-28(13-12-24-41-26-29-20-22-30(40-2)23-21-29)36(38)35-25-31(42-37(35)39)27-43(32-14-6-3-7-15-32,33-16-8-4-9-17-33)34-18-10-5-11-19-34/h3-11,13-23,31,35H,12,24-27H2,1-2H3/b28-13+. The Morgan fingerprint density at radius 2 is 1.37 bits per heavy atom. The summed E-state index contributed by atoms with van der Waals surface area (Å²) in [5, 5.41) is 3.76. The maximum atomic E-state index is 13.4. The van der Waals surface area contributed by atoms with Gasteiger partial charge >= 0.3 is 5.97 Å². The number of hydrogen-bond donors (Lipinski definition) is 0. The SMILES string of the molecule is COc1ccc(COCC/C=C(\C)C(=O)C2CC(C[Si](c3ccccc3)(c3ccccc3)c3ccccc3)OC2=O)cc1. The van der Waals surface area contributed by atoms with Crippen LogP contribution in [0.4, 0.5) is 0 Å². The molecule has 0 saturated carbocycles. The molecule has 1 saturated heterocycles. The molecule has 1 aliphatic rings. The largest absolute Gasteiger partial charge is 0.497 e. The predicted octanol–water partition coefficient (Wildman–Crippen LogP) is 5.22. The Hall–Kier alpha value is -4.26. The van der Waals surface area contributed by atoms with Crippen LogP contribution < -0.4 is 20.3 Å². The summed E-state index contributed by atoms with van der Waals surface area (Å²) in [5.74, 6) is -0.554. The van der Waals surface area contributed by atoms with E-state index in [0.29, 0.717) is 37.7 Å². The summed E-state index contributed by atoms with van der Waals surface area (Å²) in [4.78, 5) is 26.5. The lowest BCUT2D eigenvalue weighted by Crippen LogP contribution is -2.68. The molecule has 5 nitrogen and oxygen atoms in total. The van der Waals surface area contributed by atoms with Gasteiger partial charge in [0, 0.05) is 6.42 Å². The van der Waals surface area contributed by atoms with Crippen LogP contribution in [0.5, 0.6) is 5.75 Å². The second-order valence-electron chi connectivity index (χ2n) is 11.0. The van der Waals surface area contributed by atoms with Crippen molar-refractivity contribution in [1.82, 2.24) is 0 Å². The van der Waals surface area contributed by atoms with Gasteiger partial charge in [-0.2, -0.15) is 0 Å². The molecule has 4 aromatic carbocycles. The van der Waals surface area contributed by atoms with Gasteiger partial charge in [-0.05, 0) is 58.2 Å². The molecule has 6 heteroatoms. The zero-order chi connectivity index (χ0) is 30.1. The first kappa shape index (κ1) is 30.2. The number of carbonyl (C=O) groups excluding carboxylic acids is 2. The van der Waals surface area contributed by atoms with Crippen molar-refractivity contribution in [3.63, 3.8) is 0 Å². The van der Waals surface area contributed by atoms with Crippen molar-refractivity contribution >= 4 is 35.4 Å². The van der Waals surface area contributed by atoms with E-state index in [2.05, 4.69) is 72.8 Å². The van der Waals surface area contributed by atoms with Crippen LogP contribution >= 0.6 is 0 Å². The second-order valence-corrected chi connectivity index (χ2v) is 14.9. The van der Waals surface area contributed by atoms with Crippen LogP contribution in [-0.4, -0.2) is 39.6 Å². The first-order chi connectivity index (χ1) is 21.0. The normalized spacial score (nSPS) is 17.0. The molecular weight excluding hydrogens is 552 g/mol. The zero-order valence-corrected chi connectivity index (χ0v) is 25.8. The van der Waals surface area contributed by atoms with Crippen molar-refractivity contribution in [1.29, 1.82) is 0 Å². The average Bonchev–Trinajstić information content (AvgIpc) is 3.43. The number of esters is 1. The van der Waals surface area contributed by atoms with Crippen LogP contribution in [0.1, 0.15) is 25.3 Å². The van der Waals surface area contributed by atoms with Crippen molar-refractivity contribution in [3.8, 4) is 5.75 Å². The van der Waals surface area contributed by atoms with Gasteiger partial charge in [-0.15, -0.1) is 0 Å². The van der Waals surface area contributed by atoms with Gasteiger partial charge in [0.2, 0.25) is 0 Å². The van der Waals surface area contributed by atoms with Crippen LogP contribution in [0.3, 0.4) is 0 Å². The minimum absolute atomic E-state index is 0.158. The van der Waals surface area contributed by atoms with E-state index < -0.39 is 20.0 Å². The number of allylic oxidation sites excluding steroid dienone is 1. The molecule has 1 aliphatic heterocycles. The Kier molecular flexibility index (Phi) is 10.0. The average molecular weight is 591 g/mol. The highest BCUT2D eigenvalue weighted by Gasteiger charge is 2.47. The van der Waals surface area contributed by atoms with E-state index in [4.69, 9.17) is 14.2 Å². The highest BCUT2D eigenvalue weighted by atomic mass is 28.3. The van der Waals surface area contributed by atoms with Gasteiger partial charge in [-0.3, -0.25) is 9.59 Å². The maximum Gasteiger partial charge on any atom is 0.317 e. The molecule has 0 bridgehead atoms. The smallest absolute Gasteiger partial charge is 0.317 e. The number of methoxy groups -OCH3 is 1. The van der Waals surface area contributed by atoms with E-state index in [1.165, 1.54) is 15.6 Å². The van der Waals surface area contributed by atoms with Crippen LogP contribution in [0, 0.1) is 5.92 Å². The lowest BCUT2D eigenvalue weighted by atomic mass is 9.95. The lowest BCUT2D eigenvalue weighted by molar-refractivity contribution is -0.145. The van der Waals surface area contributed by atoms with Crippen LogP contribution in [0.25, 0.3) is 0 Å². The summed E-state index contributed by atoms with van der Waals surface area (Å²) in [6, 6.07) is 40.1. The molecule has 5 rings (SSSR count). The molecule has 4 aromatic rings. The molecule has 2 unspecified atom stereocenters. The third-order valence-electron chi connectivity index (χ3n) is 8.25. The second kappa shape index (κ2) is 14.3. The number of ether oxygens (including phenoxy) is 3. The highest BCUT2D eigenvalue weighted by Crippen LogP contribution is 2.30. The number of hydrogen-bond acceptors (Lipinski definition) is 5. The van der Waals surface area contributed by atoms with E-state index in [1.54, 1.807) is 14.0 Å². The molecule has 0 N–H and O–H groups in total. The fraction of sp³-hybridized carbons (Fsp3) is 0.243. The maximum absolute atomic E-state index is 13.4. The number of benzene rings is 4. The molecule has 0 spiro atoms. The molecule has 0 aliphatic carbocycles. The summed E-state index contributed by atoms with van der Waals surface area (Å²) in [6.07, 6.45) is 2.49.